The number of fused-ring (bicyclic) bond motifs is 2. The SMILES string of the molecule is CS(=O)(=O)c1ccc(Oc2cc(F)cc(C#N)c2)c2c1C1(CC2)OCCO1. The number of sulfone groups is 1. The van der Waals surface area contributed by atoms with Gasteiger partial charge in [0.25, 0.3) is 0 Å². The molecule has 0 unspecified atom stereocenters. The van der Waals surface area contributed by atoms with Crippen molar-refractivity contribution in [2.45, 2.75) is 23.5 Å². The molecule has 1 aliphatic carbocycles. The second-order valence-corrected chi connectivity index (χ2v) is 8.51. The van der Waals surface area contributed by atoms with Gasteiger partial charge in [0, 0.05) is 29.9 Å². The van der Waals surface area contributed by atoms with Gasteiger partial charge in [-0.1, -0.05) is 0 Å². The number of nitriles is 1. The summed E-state index contributed by atoms with van der Waals surface area (Å²) in [6, 6.07) is 8.57. The van der Waals surface area contributed by atoms with Crippen molar-refractivity contribution in [3.63, 3.8) is 0 Å². The summed E-state index contributed by atoms with van der Waals surface area (Å²) in [6.45, 7) is 0.756. The van der Waals surface area contributed by atoms with E-state index in [1.54, 1.807) is 6.07 Å². The molecular weight excluding hydrogens is 373 g/mol. The molecule has 0 radical (unpaired) electrons. The Hall–Kier alpha value is -2.47. The van der Waals surface area contributed by atoms with E-state index in [1.807, 2.05) is 6.07 Å². The molecule has 4 rings (SSSR count). The summed E-state index contributed by atoms with van der Waals surface area (Å²) < 4.78 is 55.7. The Bertz CT molecular complexity index is 1070. The molecule has 27 heavy (non-hydrogen) atoms. The molecule has 0 aromatic heterocycles. The molecule has 0 saturated carbocycles. The van der Waals surface area contributed by atoms with Crippen LogP contribution in [0.3, 0.4) is 0 Å². The maximum absolute atomic E-state index is 13.7. The van der Waals surface area contributed by atoms with Crippen LogP contribution in [0.1, 0.15) is 23.1 Å². The first-order chi connectivity index (χ1) is 12.8. The first-order valence-electron chi connectivity index (χ1n) is 8.35. The quantitative estimate of drug-likeness (QED) is 0.802. The van der Waals surface area contributed by atoms with E-state index in [-0.39, 0.29) is 16.2 Å². The zero-order valence-corrected chi connectivity index (χ0v) is 15.3. The lowest BCUT2D eigenvalue weighted by atomic mass is 10.1. The second kappa shape index (κ2) is 6.30. The van der Waals surface area contributed by atoms with Gasteiger partial charge in [-0.2, -0.15) is 5.26 Å². The van der Waals surface area contributed by atoms with Gasteiger partial charge in [0.15, 0.2) is 15.6 Å². The first kappa shape index (κ1) is 17.9. The average molecular weight is 389 g/mol. The minimum atomic E-state index is -3.52. The Balaban J connectivity index is 1.84. The summed E-state index contributed by atoms with van der Waals surface area (Å²) in [5, 5.41) is 9.00. The standard InChI is InChI=1S/C19H16FNO5S/c1-27(22,23)17-3-2-16(26-14-9-12(11-21)8-13(20)10-14)15-4-5-19(18(15)17)24-6-7-25-19/h2-3,8-10H,4-7H2,1H3. The van der Waals surface area contributed by atoms with Gasteiger partial charge in [-0.3, -0.25) is 0 Å². The summed E-state index contributed by atoms with van der Waals surface area (Å²) in [6.07, 6.45) is 2.10. The molecule has 0 amide bonds. The molecule has 0 bridgehead atoms. The van der Waals surface area contributed by atoms with Gasteiger partial charge in [-0.05, 0) is 30.7 Å². The van der Waals surface area contributed by atoms with Crippen molar-refractivity contribution in [1.82, 2.24) is 0 Å². The number of hydrogen-bond donors (Lipinski definition) is 0. The normalized spacial score (nSPS) is 17.7. The van der Waals surface area contributed by atoms with Crippen molar-refractivity contribution in [2.75, 3.05) is 19.5 Å². The topological polar surface area (TPSA) is 85.6 Å². The lowest BCUT2D eigenvalue weighted by Crippen LogP contribution is -2.26. The molecule has 0 N–H and O–H groups in total. The highest BCUT2D eigenvalue weighted by atomic mass is 32.2. The zero-order chi connectivity index (χ0) is 19.2. The summed E-state index contributed by atoms with van der Waals surface area (Å²) in [4.78, 5) is 0.140. The number of hydrogen-bond acceptors (Lipinski definition) is 6. The summed E-state index contributed by atoms with van der Waals surface area (Å²) in [7, 11) is -3.52. The van der Waals surface area contributed by atoms with E-state index in [2.05, 4.69) is 0 Å². The van der Waals surface area contributed by atoms with Gasteiger partial charge in [0.05, 0.1) is 29.7 Å². The van der Waals surface area contributed by atoms with E-state index in [4.69, 9.17) is 19.5 Å². The smallest absolute Gasteiger partial charge is 0.196 e. The van der Waals surface area contributed by atoms with Crippen LogP contribution in [0, 0.1) is 17.1 Å². The Morgan fingerprint density at radius 1 is 1.22 bits per heavy atom. The summed E-state index contributed by atoms with van der Waals surface area (Å²) in [5.41, 5.74) is 1.24. The predicted molar refractivity (Wildman–Crippen MR) is 92.6 cm³/mol. The first-order valence-corrected chi connectivity index (χ1v) is 10.2. The van der Waals surface area contributed by atoms with Crippen LogP contribution in [-0.2, 0) is 31.5 Å². The zero-order valence-electron chi connectivity index (χ0n) is 14.5. The fourth-order valence-electron chi connectivity index (χ4n) is 3.65. The van der Waals surface area contributed by atoms with Gasteiger partial charge >= 0.3 is 0 Å². The maximum Gasteiger partial charge on any atom is 0.196 e. The molecule has 6 nitrogen and oxygen atoms in total. The fraction of sp³-hybridized carbons (Fsp3) is 0.316. The van der Waals surface area contributed by atoms with Gasteiger partial charge < -0.3 is 14.2 Å². The molecule has 1 spiro atoms. The predicted octanol–water partition coefficient (Wildman–Crippen LogP) is 3.04. The van der Waals surface area contributed by atoms with Crippen LogP contribution in [0.4, 0.5) is 4.39 Å². The van der Waals surface area contributed by atoms with Crippen LogP contribution in [0.15, 0.2) is 35.2 Å². The molecule has 8 heteroatoms. The van der Waals surface area contributed by atoms with Crippen molar-refractivity contribution in [2.24, 2.45) is 0 Å². The van der Waals surface area contributed by atoms with Crippen molar-refractivity contribution in [1.29, 1.82) is 5.26 Å². The van der Waals surface area contributed by atoms with Crippen LogP contribution < -0.4 is 4.74 Å². The highest BCUT2D eigenvalue weighted by Gasteiger charge is 2.48. The van der Waals surface area contributed by atoms with Gasteiger partial charge in [-0.25, -0.2) is 12.8 Å². The highest BCUT2D eigenvalue weighted by molar-refractivity contribution is 7.90. The molecule has 2 aliphatic rings. The second-order valence-electron chi connectivity index (χ2n) is 6.53. The van der Waals surface area contributed by atoms with E-state index < -0.39 is 21.4 Å². The van der Waals surface area contributed by atoms with E-state index >= 15 is 0 Å². The highest BCUT2D eigenvalue weighted by Crippen LogP contribution is 2.50. The lowest BCUT2D eigenvalue weighted by molar-refractivity contribution is -0.164. The third-order valence-corrected chi connectivity index (χ3v) is 5.84. The number of benzene rings is 2. The van der Waals surface area contributed by atoms with Crippen LogP contribution in [0.25, 0.3) is 0 Å². The van der Waals surface area contributed by atoms with Gasteiger partial charge in [-0.15, -0.1) is 0 Å². The molecule has 0 atom stereocenters. The lowest BCUT2D eigenvalue weighted by Gasteiger charge is -2.25. The Morgan fingerprint density at radius 2 is 1.96 bits per heavy atom. The van der Waals surface area contributed by atoms with Crippen LogP contribution >= 0.6 is 0 Å². The average Bonchev–Trinajstić information content (AvgIpc) is 3.23. The monoisotopic (exact) mass is 389 g/mol. The van der Waals surface area contributed by atoms with Crippen molar-refractivity contribution in [3.8, 4) is 17.6 Å². The largest absolute Gasteiger partial charge is 0.457 e. The fourth-order valence-corrected chi connectivity index (χ4v) is 4.61. The van der Waals surface area contributed by atoms with Gasteiger partial charge in [0.1, 0.15) is 17.3 Å². The Kier molecular flexibility index (Phi) is 4.18. The molecule has 1 saturated heterocycles. The van der Waals surface area contributed by atoms with E-state index in [0.717, 1.165) is 12.3 Å². The van der Waals surface area contributed by atoms with E-state index in [0.29, 0.717) is 42.9 Å². The van der Waals surface area contributed by atoms with Crippen molar-refractivity contribution < 1.29 is 27.0 Å². The molecule has 140 valence electrons. The van der Waals surface area contributed by atoms with Crippen molar-refractivity contribution >= 4 is 9.84 Å². The maximum atomic E-state index is 13.7. The molecule has 1 heterocycles. The summed E-state index contributed by atoms with van der Waals surface area (Å²) in [5.74, 6) is -1.13. The molecule has 1 aliphatic heterocycles. The van der Waals surface area contributed by atoms with E-state index in [1.165, 1.54) is 18.2 Å². The third kappa shape index (κ3) is 3.08. The minimum absolute atomic E-state index is 0.133. The third-order valence-electron chi connectivity index (χ3n) is 4.70. The molecular formula is C19H16FNO5S. The number of ether oxygens (including phenoxy) is 3. The molecule has 2 aromatic rings. The number of halogens is 1. The molecule has 2 aromatic carbocycles. The Morgan fingerprint density at radius 3 is 2.63 bits per heavy atom. The van der Waals surface area contributed by atoms with Gasteiger partial charge in [0.2, 0.25) is 0 Å². The van der Waals surface area contributed by atoms with Crippen molar-refractivity contribution in [3.05, 3.63) is 52.8 Å². The van der Waals surface area contributed by atoms with Crippen LogP contribution in [0.2, 0.25) is 0 Å². The minimum Gasteiger partial charge on any atom is -0.457 e. The Labute approximate surface area is 156 Å². The van der Waals surface area contributed by atoms with Crippen LogP contribution in [-0.4, -0.2) is 27.9 Å². The number of nitrogens with zero attached hydrogens (tertiary/aromatic N) is 1. The number of rotatable bonds is 3. The van der Waals surface area contributed by atoms with E-state index in [9.17, 15) is 12.8 Å². The van der Waals surface area contributed by atoms with Crippen LogP contribution in [0.5, 0.6) is 11.5 Å². The molecule has 1 fully saturated rings. The summed E-state index contributed by atoms with van der Waals surface area (Å²) >= 11 is 0.